The highest BCUT2D eigenvalue weighted by Gasteiger charge is 2.10. The Hall–Kier alpha value is -3.41. The molecule has 1 amide bonds. The molecule has 0 spiro atoms. The first kappa shape index (κ1) is 20.3. The normalized spacial score (nSPS) is 11.0. The van der Waals surface area contributed by atoms with E-state index in [2.05, 4.69) is 46.6 Å². The van der Waals surface area contributed by atoms with Gasteiger partial charge in [0.25, 0.3) is 0 Å². The van der Waals surface area contributed by atoms with Crippen molar-refractivity contribution in [2.75, 3.05) is 7.11 Å². The van der Waals surface area contributed by atoms with Crippen molar-refractivity contribution in [1.29, 1.82) is 0 Å². The van der Waals surface area contributed by atoms with Crippen molar-refractivity contribution in [2.24, 2.45) is 0 Å². The summed E-state index contributed by atoms with van der Waals surface area (Å²) in [5.41, 5.74) is 6.27. The molecule has 0 fully saturated rings. The summed E-state index contributed by atoms with van der Waals surface area (Å²) >= 11 is 0. The molecule has 1 aromatic carbocycles. The first-order valence-corrected chi connectivity index (χ1v) is 9.50. The van der Waals surface area contributed by atoms with E-state index in [1.807, 2.05) is 30.7 Å². The number of aromatic nitrogens is 3. The first-order chi connectivity index (χ1) is 14.0. The molecule has 0 aliphatic rings. The van der Waals surface area contributed by atoms with Gasteiger partial charge in [0.1, 0.15) is 0 Å². The van der Waals surface area contributed by atoms with E-state index in [1.165, 1.54) is 11.1 Å². The van der Waals surface area contributed by atoms with Gasteiger partial charge < -0.3 is 10.1 Å². The van der Waals surface area contributed by atoms with Crippen LogP contribution >= 0.6 is 0 Å². The lowest BCUT2D eigenvalue weighted by Gasteiger charge is -2.05. The zero-order valence-corrected chi connectivity index (χ0v) is 17.3. The van der Waals surface area contributed by atoms with Gasteiger partial charge in [-0.05, 0) is 44.0 Å². The van der Waals surface area contributed by atoms with Crippen molar-refractivity contribution in [2.45, 2.75) is 33.9 Å². The molecule has 6 heteroatoms. The van der Waals surface area contributed by atoms with E-state index < -0.39 is 0 Å². The van der Waals surface area contributed by atoms with Crippen LogP contribution < -0.4 is 10.1 Å². The summed E-state index contributed by atoms with van der Waals surface area (Å²) in [5.74, 6) is 0.366. The Bertz CT molecular complexity index is 1020. The molecule has 0 unspecified atom stereocenters. The summed E-state index contributed by atoms with van der Waals surface area (Å²) in [5, 5.41) is 7.51. The van der Waals surface area contributed by atoms with E-state index in [-0.39, 0.29) is 5.91 Å². The maximum Gasteiger partial charge on any atom is 0.244 e. The highest BCUT2D eigenvalue weighted by atomic mass is 16.5. The number of aryl methyl sites for hydroxylation is 2. The van der Waals surface area contributed by atoms with Gasteiger partial charge in [0.15, 0.2) is 0 Å². The average Bonchev–Trinajstić information content (AvgIpc) is 2.99. The van der Waals surface area contributed by atoms with Crippen LogP contribution in [0.5, 0.6) is 5.88 Å². The Morgan fingerprint density at radius 2 is 1.90 bits per heavy atom. The fraction of sp³-hybridized carbons (Fsp3) is 0.261. The summed E-state index contributed by atoms with van der Waals surface area (Å²) < 4.78 is 7.07. The summed E-state index contributed by atoms with van der Waals surface area (Å²) in [7, 11) is 1.57. The second kappa shape index (κ2) is 9.19. The third-order valence-electron chi connectivity index (χ3n) is 4.77. The molecule has 0 saturated heterocycles. The Morgan fingerprint density at radius 1 is 1.14 bits per heavy atom. The van der Waals surface area contributed by atoms with Crippen LogP contribution in [0.3, 0.4) is 0 Å². The van der Waals surface area contributed by atoms with Gasteiger partial charge in [-0.1, -0.05) is 29.8 Å². The lowest BCUT2D eigenvalue weighted by Crippen LogP contribution is -2.20. The third kappa shape index (κ3) is 5.31. The third-order valence-corrected chi connectivity index (χ3v) is 4.77. The Balaban J connectivity index is 1.64. The molecule has 0 saturated carbocycles. The van der Waals surface area contributed by atoms with Gasteiger partial charge >= 0.3 is 0 Å². The van der Waals surface area contributed by atoms with Crippen molar-refractivity contribution >= 4 is 12.0 Å². The average molecular weight is 390 g/mol. The standard InChI is InChI=1S/C23H26N4O2/c1-16-5-7-19(8-6-16)15-27-18(3)21(17(2)26-27)9-10-22(28)25-14-20-11-12-24-23(13-20)29-4/h5-13H,14-15H2,1-4H3,(H,25,28)/b10-9+. The largest absolute Gasteiger partial charge is 0.481 e. The van der Waals surface area contributed by atoms with Gasteiger partial charge in [-0.3, -0.25) is 9.48 Å². The topological polar surface area (TPSA) is 69.0 Å². The van der Waals surface area contributed by atoms with Gasteiger partial charge in [0.05, 0.1) is 19.3 Å². The number of pyridine rings is 1. The molecule has 0 aliphatic heterocycles. The number of carbonyl (C=O) groups excluding carboxylic acids is 1. The number of hydrogen-bond donors (Lipinski definition) is 1. The van der Waals surface area contributed by atoms with Crippen molar-refractivity contribution in [3.63, 3.8) is 0 Å². The predicted molar refractivity (Wildman–Crippen MR) is 114 cm³/mol. The number of nitrogens with zero attached hydrogens (tertiary/aromatic N) is 3. The van der Waals surface area contributed by atoms with Crippen LogP contribution in [0.15, 0.2) is 48.7 Å². The maximum absolute atomic E-state index is 12.2. The molecule has 6 nitrogen and oxygen atoms in total. The summed E-state index contributed by atoms with van der Waals surface area (Å²) in [6, 6.07) is 12.1. The van der Waals surface area contributed by atoms with Gasteiger partial charge in [0, 0.05) is 36.1 Å². The number of amides is 1. The molecule has 1 N–H and O–H groups in total. The molecule has 3 aromatic rings. The molecule has 150 valence electrons. The van der Waals surface area contributed by atoms with Gasteiger partial charge in [-0.25, -0.2) is 4.98 Å². The van der Waals surface area contributed by atoms with Crippen LogP contribution in [0.4, 0.5) is 0 Å². The number of hydrogen-bond acceptors (Lipinski definition) is 4. The predicted octanol–water partition coefficient (Wildman–Crippen LogP) is 3.59. The number of benzene rings is 1. The molecule has 0 radical (unpaired) electrons. The maximum atomic E-state index is 12.2. The Labute approximate surface area is 171 Å². The van der Waals surface area contributed by atoms with Gasteiger partial charge in [-0.15, -0.1) is 0 Å². The quantitative estimate of drug-likeness (QED) is 0.626. The minimum Gasteiger partial charge on any atom is -0.481 e. The molecule has 0 bridgehead atoms. The lowest BCUT2D eigenvalue weighted by molar-refractivity contribution is -0.116. The number of rotatable bonds is 7. The minimum atomic E-state index is -0.161. The molecular formula is C23H26N4O2. The number of nitrogens with one attached hydrogen (secondary N) is 1. The van der Waals surface area contributed by atoms with E-state index in [0.29, 0.717) is 19.0 Å². The molecule has 0 aliphatic carbocycles. The number of ether oxygens (including phenoxy) is 1. The fourth-order valence-corrected chi connectivity index (χ4v) is 3.05. The molecular weight excluding hydrogens is 364 g/mol. The van der Waals surface area contributed by atoms with Crippen molar-refractivity contribution in [3.05, 3.63) is 82.3 Å². The molecule has 3 rings (SSSR count). The van der Waals surface area contributed by atoms with E-state index in [9.17, 15) is 4.79 Å². The number of carbonyl (C=O) groups is 1. The molecule has 0 atom stereocenters. The van der Waals surface area contributed by atoms with Crippen LogP contribution in [-0.4, -0.2) is 27.8 Å². The first-order valence-electron chi connectivity index (χ1n) is 9.50. The van der Waals surface area contributed by atoms with Crippen LogP contribution in [0.25, 0.3) is 6.08 Å². The van der Waals surface area contributed by atoms with Crippen molar-refractivity contribution in [1.82, 2.24) is 20.1 Å². The Morgan fingerprint density at radius 3 is 2.62 bits per heavy atom. The van der Waals surface area contributed by atoms with E-state index in [4.69, 9.17) is 4.74 Å². The zero-order chi connectivity index (χ0) is 20.8. The van der Waals surface area contributed by atoms with Crippen LogP contribution in [-0.2, 0) is 17.9 Å². The molecule has 29 heavy (non-hydrogen) atoms. The Kier molecular flexibility index (Phi) is 6.44. The minimum absolute atomic E-state index is 0.161. The monoisotopic (exact) mass is 390 g/mol. The zero-order valence-electron chi connectivity index (χ0n) is 17.3. The van der Waals surface area contributed by atoms with Gasteiger partial charge in [0.2, 0.25) is 11.8 Å². The highest BCUT2D eigenvalue weighted by Crippen LogP contribution is 2.17. The lowest BCUT2D eigenvalue weighted by atomic mass is 10.1. The molecule has 2 aromatic heterocycles. The van der Waals surface area contributed by atoms with Crippen LogP contribution in [0, 0.1) is 20.8 Å². The summed E-state index contributed by atoms with van der Waals surface area (Å²) in [6.45, 7) is 7.17. The van der Waals surface area contributed by atoms with Gasteiger partial charge in [-0.2, -0.15) is 5.10 Å². The van der Waals surface area contributed by atoms with E-state index in [1.54, 1.807) is 25.4 Å². The van der Waals surface area contributed by atoms with Crippen LogP contribution in [0.1, 0.15) is 33.6 Å². The van der Waals surface area contributed by atoms with Crippen LogP contribution in [0.2, 0.25) is 0 Å². The second-order valence-electron chi connectivity index (χ2n) is 6.99. The van der Waals surface area contributed by atoms with Crippen molar-refractivity contribution < 1.29 is 9.53 Å². The highest BCUT2D eigenvalue weighted by molar-refractivity contribution is 5.91. The van der Waals surface area contributed by atoms with Crippen molar-refractivity contribution in [3.8, 4) is 5.88 Å². The SMILES string of the molecule is COc1cc(CNC(=O)/C=C/c2c(C)nn(Cc3ccc(C)cc3)c2C)ccn1. The summed E-state index contributed by atoms with van der Waals surface area (Å²) in [4.78, 5) is 16.3. The number of methoxy groups -OCH3 is 1. The van der Waals surface area contributed by atoms with E-state index >= 15 is 0 Å². The second-order valence-corrected chi connectivity index (χ2v) is 6.99. The fourth-order valence-electron chi connectivity index (χ4n) is 3.05. The summed E-state index contributed by atoms with van der Waals surface area (Å²) in [6.07, 6.45) is 5.03. The molecule has 2 heterocycles. The van der Waals surface area contributed by atoms with E-state index in [0.717, 1.165) is 22.5 Å². The smallest absolute Gasteiger partial charge is 0.244 e.